The molecular weight excluding hydrogens is 263 g/mol. The first kappa shape index (κ1) is 14.3. The Hall–Kier alpha value is -2.11. The molecule has 1 aliphatic heterocycles. The van der Waals surface area contributed by atoms with Crippen molar-refractivity contribution in [3.8, 4) is 0 Å². The number of benzene rings is 1. The molecule has 0 spiro atoms. The highest BCUT2D eigenvalue weighted by atomic mass is 19.1. The first-order valence-electron chi connectivity index (χ1n) is 6.50. The van der Waals surface area contributed by atoms with E-state index < -0.39 is 11.9 Å². The molecule has 20 heavy (non-hydrogen) atoms. The van der Waals surface area contributed by atoms with Crippen LogP contribution in [0.5, 0.6) is 0 Å². The van der Waals surface area contributed by atoms with E-state index in [0.29, 0.717) is 18.5 Å². The second-order valence-corrected chi connectivity index (χ2v) is 4.96. The molecule has 2 atom stereocenters. The van der Waals surface area contributed by atoms with Crippen molar-refractivity contribution in [3.05, 3.63) is 35.6 Å². The van der Waals surface area contributed by atoms with Crippen molar-refractivity contribution < 1.29 is 19.1 Å². The third kappa shape index (κ3) is 3.07. The lowest BCUT2D eigenvalue weighted by Crippen LogP contribution is -2.43. The molecule has 108 valence electrons. The van der Waals surface area contributed by atoms with Gasteiger partial charge in [-0.05, 0) is 31.0 Å². The molecule has 5 nitrogen and oxygen atoms in total. The van der Waals surface area contributed by atoms with Gasteiger partial charge in [-0.1, -0.05) is 12.1 Å². The van der Waals surface area contributed by atoms with Crippen molar-refractivity contribution in [2.24, 2.45) is 5.92 Å². The van der Waals surface area contributed by atoms with Crippen LogP contribution in [0.3, 0.4) is 0 Å². The van der Waals surface area contributed by atoms with Crippen molar-refractivity contribution in [3.63, 3.8) is 0 Å². The van der Waals surface area contributed by atoms with Gasteiger partial charge in [-0.25, -0.2) is 9.18 Å². The number of amides is 2. The molecule has 2 N–H and O–H groups in total. The van der Waals surface area contributed by atoms with E-state index in [4.69, 9.17) is 5.11 Å². The van der Waals surface area contributed by atoms with E-state index in [-0.39, 0.29) is 24.4 Å². The predicted molar refractivity (Wildman–Crippen MR) is 70.5 cm³/mol. The molecule has 1 saturated heterocycles. The Morgan fingerprint density at radius 3 is 2.85 bits per heavy atom. The van der Waals surface area contributed by atoms with E-state index in [1.807, 2.05) is 0 Å². The minimum absolute atomic E-state index is 0.220. The number of rotatable bonds is 3. The number of likely N-dealkylation sites (tertiary alicyclic amines) is 1. The zero-order valence-electron chi connectivity index (χ0n) is 11.2. The smallest absolute Gasteiger partial charge is 0.317 e. The lowest BCUT2D eigenvalue weighted by atomic mass is 10.0. The van der Waals surface area contributed by atoms with Crippen LogP contribution in [0.1, 0.15) is 18.9 Å². The molecule has 1 aromatic rings. The Labute approximate surface area is 116 Å². The molecule has 2 amide bonds. The summed E-state index contributed by atoms with van der Waals surface area (Å²) >= 11 is 0. The van der Waals surface area contributed by atoms with Gasteiger partial charge >= 0.3 is 12.0 Å². The second kappa shape index (κ2) is 5.90. The van der Waals surface area contributed by atoms with Crippen molar-refractivity contribution in [1.29, 1.82) is 0 Å². The summed E-state index contributed by atoms with van der Waals surface area (Å²) in [4.78, 5) is 24.5. The molecule has 1 aromatic carbocycles. The number of carboxylic acids is 1. The highest BCUT2D eigenvalue weighted by Crippen LogP contribution is 2.24. The summed E-state index contributed by atoms with van der Waals surface area (Å²) in [6, 6.07) is 5.34. The first-order chi connectivity index (χ1) is 9.49. The quantitative estimate of drug-likeness (QED) is 0.887. The number of urea groups is 1. The van der Waals surface area contributed by atoms with Gasteiger partial charge in [0, 0.05) is 19.1 Å². The van der Waals surface area contributed by atoms with E-state index in [1.165, 1.54) is 17.0 Å². The number of carboxylic acid groups (broad SMARTS) is 1. The van der Waals surface area contributed by atoms with E-state index in [2.05, 4.69) is 5.32 Å². The van der Waals surface area contributed by atoms with Gasteiger partial charge in [0.2, 0.25) is 0 Å². The normalized spacial score (nSPS) is 21.8. The Balaban J connectivity index is 1.91. The minimum Gasteiger partial charge on any atom is -0.481 e. The fourth-order valence-electron chi connectivity index (χ4n) is 2.48. The molecule has 0 bridgehead atoms. The zero-order chi connectivity index (χ0) is 14.7. The lowest BCUT2D eigenvalue weighted by molar-refractivity contribution is -0.142. The highest BCUT2D eigenvalue weighted by molar-refractivity contribution is 5.78. The number of hydrogen-bond acceptors (Lipinski definition) is 2. The van der Waals surface area contributed by atoms with Crippen LogP contribution < -0.4 is 5.32 Å². The number of hydrogen-bond donors (Lipinski definition) is 2. The topological polar surface area (TPSA) is 69.6 Å². The Bertz CT molecular complexity index is 521. The number of aliphatic carboxylic acids is 1. The Morgan fingerprint density at radius 2 is 2.25 bits per heavy atom. The molecule has 6 heteroatoms. The summed E-state index contributed by atoms with van der Waals surface area (Å²) in [5.74, 6) is -1.75. The Morgan fingerprint density at radius 1 is 1.50 bits per heavy atom. The zero-order valence-corrected chi connectivity index (χ0v) is 11.2. The van der Waals surface area contributed by atoms with Crippen LogP contribution in [0.25, 0.3) is 0 Å². The molecule has 2 unspecified atom stereocenters. The number of carbonyl (C=O) groups is 2. The first-order valence-corrected chi connectivity index (χ1v) is 6.50. The summed E-state index contributed by atoms with van der Waals surface area (Å²) in [5.41, 5.74) is 0.667. The van der Waals surface area contributed by atoms with Gasteiger partial charge in [0.05, 0.1) is 5.92 Å². The third-order valence-corrected chi connectivity index (χ3v) is 3.67. The van der Waals surface area contributed by atoms with Crippen molar-refractivity contribution >= 4 is 12.0 Å². The number of nitrogens with one attached hydrogen (secondary N) is 1. The average molecular weight is 280 g/mol. The van der Waals surface area contributed by atoms with Crippen molar-refractivity contribution in [1.82, 2.24) is 10.2 Å². The molecular formula is C14H17FN2O3. The number of nitrogens with zero attached hydrogens (tertiary/aromatic N) is 1. The number of halogens is 1. The maximum Gasteiger partial charge on any atom is 0.317 e. The van der Waals surface area contributed by atoms with Gasteiger partial charge in [0.25, 0.3) is 0 Å². The van der Waals surface area contributed by atoms with Crippen LogP contribution in [0.15, 0.2) is 24.3 Å². The molecule has 2 rings (SSSR count). The van der Waals surface area contributed by atoms with Crippen LogP contribution in [-0.4, -0.2) is 34.6 Å². The van der Waals surface area contributed by atoms with Gasteiger partial charge < -0.3 is 15.3 Å². The average Bonchev–Trinajstić information content (AvgIpc) is 2.78. The maximum atomic E-state index is 13.0. The van der Waals surface area contributed by atoms with E-state index >= 15 is 0 Å². The largest absolute Gasteiger partial charge is 0.481 e. The van der Waals surface area contributed by atoms with Crippen LogP contribution in [0, 0.1) is 11.7 Å². The van der Waals surface area contributed by atoms with Gasteiger partial charge in [0.15, 0.2) is 0 Å². The van der Waals surface area contributed by atoms with Crippen molar-refractivity contribution in [2.75, 3.05) is 6.54 Å². The van der Waals surface area contributed by atoms with Crippen LogP contribution >= 0.6 is 0 Å². The standard InChI is InChI=1S/C14H17FN2O3/c1-9-12(13(18)19)5-6-17(9)14(20)16-8-10-3-2-4-11(15)7-10/h2-4,7,9,12H,5-6,8H2,1H3,(H,16,20)(H,18,19). The Kier molecular flexibility index (Phi) is 4.22. The fourth-order valence-corrected chi connectivity index (χ4v) is 2.48. The fraction of sp³-hybridized carbons (Fsp3) is 0.429. The number of carbonyl (C=O) groups excluding carboxylic acids is 1. The summed E-state index contributed by atoms with van der Waals surface area (Å²) in [7, 11) is 0. The molecule has 0 saturated carbocycles. The van der Waals surface area contributed by atoms with Crippen LogP contribution in [-0.2, 0) is 11.3 Å². The van der Waals surface area contributed by atoms with E-state index in [9.17, 15) is 14.0 Å². The molecule has 0 radical (unpaired) electrons. The molecule has 1 heterocycles. The van der Waals surface area contributed by atoms with Crippen LogP contribution in [0.4, 0.5) is 9.18 Å². The van der Waals surface area contributed by atoms with Crippen LogP contribution in [0.2, 0.25) is 0 Å². The summed E-state index contributed by atoms with van der Waals surface area (Å²) in [6.07, 6.45) is 0.462. The molecule has 1 fully saturated rings. The van der Waals surface area contributed by atoms with Gasteiger partial charge in [0.1, 0.15) is 5.82 Å². The summed E-state index contributed by atoms with van der Waals surface area (Å²) in [6.45, 7) is 2.37. The molecule has 0 aromatic heterocycles. The summed E-state index contributed by atoms with van der Waals surface area (Å²) in [5, 5.41) is 11.7. The lowest BCUT2D eigenvalue weighted by Gasteiger charge is -2.23. The van der Waals surface area contributed by atoms with Gasteiger partial charge in [-0.3, -0.25) is 4.79 Å². The monoisotopic (exact) mass is 280 g/mol. The van der Waals surface area contributed by atoms with E-state index in [1.54, 1.807) is 19.1 Å². The molecule has 0 aliphatic carbocycles. The van der Waals surface area contributed by atoms with E-state index in [0.717, 1.165) is 0 Å². The predicted octanol–water partition coefficient (Wildman–Crippen LogP) is 1.83. The highest BCUT2D eigenvalue weighted by Gasteiger charge is 2.37. The second-order valence-electron chi connectivity index (χ2n) is 4.96. The van der Waals surface area contributed by atoms with Crippen molar-refractivity contribution in [2.45, 2.75) is 25.9 Å². The van der Waals surface area contributed by atoms with Gasteiger partial charge in [-0.2, -0.15) is 0 Å². The summed E-state index contributed by atoms with van der Waals surface area (Å²) < 4.78 is 13.0. The maximum absolute atomic E-state index is 13.0. The van der Waals surface area contributed by atoms with Gasteiger partial charge in [-0.15, -0.1) is 0 Å². The molecule has 1 aliphatic rings. The third-order valence-electron chi connectivity index (χ3n) is 3.67. The minimum atomic E-state index is -0.877. The SMILES string of the molecule is CC1C(C(=O)O)CCN1C(=O)NCc1cccc(F)c1.